The van der Waals surface area contributed by atoms with Gasteiger partial charge in [-0.05, 0) is 18.2 Å². The van der Waals surface area contributed by atoms with Crippen LogP contribution in [0.1, 0.15) is 36.8 Å². The molecule has 3 rings (SSSR count). The maximum atomic E-state index is 12.6. The summed E-state index contributed by atoms with van der Waals surface area (Å²) in [4.78, 5) is 39.6. The molecule has 0 bridgehead atoms. The quantitative estimate of drug-likeness (QED) is 0.555. The molecule has 0 aliphatic rings. The number of aromatic amines is 1. The van der Waals surface area contributed by atoms with Crippen LogP contribution in [0.4, 0.5) is 0 Å². The zero-order valence-corrected chi connectivity index (χ0v) is 13.3. The number of hydrogen-bond acceptors (Lipinski definition) is 4. The van der Waals surface area contributed by atoms with Gasteiger partial charge in [0.15, 0.2) is 12.4 Å². The number of esters is 1. The molecular formula is C20H15NO4. The summed E-state index contributed by atoms with van der Waals surface area (Å²) in [5.74, 6) is -1.33. The third kappa shape index (κ3) is 3.72. The molecule has 0 aliphatic heterocycles. The first kappa shape index (κ1) is 16.4. The van der Waals surface area contributed by atoms with Crippen molar-refractivity contribution in [1.29, 1.82) is 0 Å². The van der Waals surface area contributed by atoms with E-state index >= 15 is 0 Å². The van der Waals surface area contributed by atoms with Crippen molar-refractivity contribution in [3.8, 4) is 0 Å². The highest BCUT2D eigenvalue weighted by atomic mass is 16.5. The van der Waals surface area contributed by atoms with Gasteiger partial charge in [-0.2, -0.15) is 0 Å². The zero-order chi connectivity index (χ0) is 17.6. The molecule has 0 aliphatic carbocycles. The van der Waals surface area contributed by atoms with E-state index in [1.807, 2.05) is 6.07 Å². The Bertz CT molecular complexity index is 898. The van der Waals surface area contributed by atoms with Crippen molar-refractivity contribution in [1.82, 2.24) is 4.98 Å². The first-order chi connectivity index (χ1) is 12.2. The van der Waals surface area contributed by atoms with Crippen LogP contribution in [0.25, 0.3) is 0 Å². The van der Waals surface area contributed by atoms with Crippen molar-refractivity contribution < 1.29 is 19.1 Å². The van der Waals surface area contributed by atoms with Gasteiger partial charge in [-0.15, -0.1) is 0 Å². The highest BCUT2D eigenvalue weighted by Gasteiger charge is 2.20. The Kier molecular flexibility index (Phi) is 4.85. The van der Waals surface area contributed by atoms with Crippen LogP contribution in [0.3, 0.4) is 0 Å². The third-order valence-corrected chi connectivity index (χ3v) is 3.66. The molecule has 1 N–H and O–H groups in total. The molecule has 1 aromatic heterocycles. The fourth-order valence-corrected chi connectivity index (χ4v) is 2.39. The van der Waals surface area contributed by atoms with E-state index in [0.717, 1.165) is 0 Å². The Balaban J connectivity index is 1.77. The average Bonchev–Trinajstić information content (AvgIpc) is 3.21. The fraction of sp³-hybridized carbons (Fsp3) is 0.0500. The first-order valence-corrected chi connectivity index (χ1v) is 7.69. The first-order valence-electron chi connectivity index (χ1n) is 7.69. The van der Waals surface area contributed by atoms with Crippen molar-refractivity contribution in [2.75, 3.05) is 6.61 Å². The minimum Gasteiger partial charge on any atom is -0.454 e. The van der Waals surface area contributed by atoms with Crippen LogP contribution >= 0.6 is 0 Å². The molecular weight excluding hydrogens is 318 g/mol. The standard InChI is InChI=1S/C20H15NO4/c22-18(17-11-6-12-21-17)13-25-20(24)16-10-5-4-9-15(16)19(23)14-7-2-1-3-8-14/h1-12,21H,13H2. The number of aromatic nitrogens is 1. The second-order valence-electron chi connectivity index (χ2n) is 5.32. The van der Waals surface area contributed by atoms with Crippen molar-refractivity contribution in [3.05, 3.63) is 95.3 Å². The van der Waals surface area contributed by atoms with Gasteiger partial charge in [0.05, 0.1) is 11.3 Å². The van der Waals surface area contributed by atoms with Gasteiger partial charge in [-0.25, -0.2) is 4.79 Å². The van der Waals surface area contributed by atoms with Crippen molar-refractivity contribution in [2.24, 2.45) is 0 Å². The van der Waals surface area contributed by atoms with E-state index in [1.54, 1.807) is 60.8 Å². The van der Waals surface area contributed by atoms with Gasteiger partial charge >= 0.3 is 5.97 Å². The Morgan fingerprint density at radius 2 is 1.48 bits per heavy atom. The van der Waals surface area contributed by atoms with Crippen LogP contribution in [-0.4, -0.2) is 29.1 Å². The lowest BCUT2D eigenvalue weighted by Gasteiger charge is -2.08. The number of H-pyrrole nitrogens is 1. The van der Waals surface area contributed by atoms with E-state index in [9.17, 15) is 14.4 Å². The van der Waals surface area contributed by atoms with Crippen LogP contribution in [0.2, 0.25) is 0 Å². The lowest BCUT2D eigenvalue weighted by atomic mass is 9.98. The summed E-state index contributed by atoms with van der Waals surface area (Å²) in [6, 6.07) is 18.4. The smallest absolute Gasteiger partial charge is 0.339 e. The van der Waals surface area contributed by atoms with Crippen LogP contribution in [0.15, 0.2) is 72.9 Å². The minimum absolute atomic E-state index is 0.135. The molecule has 0 amide bonds. The molecule has 0 unspecified atom stereocenters. The van der Waals surface area contributed by atoms with E-state index in [-0.39, 0.29) is 22.7 Å². The zero-order valence-electron chi connectivity index (χ0n) is 13.3. The highest BCUT2D eigenvalue weighted by molar-refractivity contribution is 6.14. The molecule has 2 aromatic carbocycles. The molecule has 0 radical (unpaired) electrons. The number of ketones is 2. The summed E-state index contributed by atoms with van der Waals surface area (Å²) in [5, 5.41) is 0. The van der Waals surface area contributed by atoms with E-state index in [2.05, 4.69) is 4.98 Å². The van der Waals surface area contributed by atoms with Crippen molar-refractivity contribution in [2.45, 2.75) is 0 Å². The molecule has 1 heterocycles. The summed E-state index contributed by atoms with van der Waals surface area (Å²) >= 11 is 0. The molecule has 0 saturated heterocycles. The summed E-state index contributed by atoms with van der Waals surface area (Å²) in [5.41, 5.74) is 1.22. The normalized spacial score (nSPS) is 10.2. The summed E-state index contributed by atoms with van der Waals surface area (Å²) < 4.78 is 5.08. The topological polar surface area (TPSA) is 76.2 Å². The maximum absolute atomic E-state index is 12.6. The number of rotatable bonds is 6. The van der Waals surface area contributed by atoms with Crippen LogP contribution < -0.4 is 0 Å². The van der Waals surface area contributed by atoms with Gasteiger partial charge < -0.3 is 9.72 Å². The molecule has 0 saturated carbocycles. The number of benzene rings is 2. The van der Waals surface area contributed by atoms with Crippen LogP contribution in [0.5, 0.6) is 0 Å². The van der Waals surface area contributed by atoms with Crippen LogP contribution in [0, 0.1) is 0 Å². The molecule has 0 spiro atoms. The van der Waals surface area contributed by atoms with E-state index in [4.69, 9.17) is 4.74 Å². The number of carbonyl (C=O) groups is 3. The van der Waals surface area contributed by atoms with E-state index in [1.165, 1.54) is 6.07 Å². The van der Waals surface area contributed by atoms with E-state index < -0.39 is 12.6 Å². The van der Waals surface area contributed by atoms with Gasteiger partial charge in [0.1, 0.15) is 0 Å². The molecule has 0 fully saturated rings. The molecule has 0 atom stereocenters. The monoisotopic (exact) mass is 333 g/mol. The Morgan fingerprint density at radius 3 is 2.16 bits per heavy atom. The molecule has 5 nitrogen and oxygen atoms in total. The predicted molar refractivity (Wildman–Crippen MR) is 91.7 cm³/mol. The largest absolute Gasteiger partial charge is 0.454 e. The van der Waals surface area contributed by atoms with Crippen LogP contribution in [-0.2, 0) is 4.74 Å². The highest BCUT2D eigenvalue weighted by Crippen LogP contribution is 2.16. The third-order valence-electron chi connectivity index (χ3n) is 3.66. The van der Waals surface area contributed by atoms with Gasteiger partial charge in [-0.1, -0.05) is 48.5 Å². The van der Waals surface area contributed by atoms with Crippen molar-refractivity contribution in [3.63, 3.8) is 0 Å². The van der Waals surface area contributed by atoms with Crippen molar-refractivity contribution >= 4 is 17.5 Å². The molecule has 25 heavy (non-hydrogen) atoms. The summed E-state index contributed by atoms with van der Waals surface area (Å²) in [7, 11) is 0. The maximum Gasteiger partial charge on any atom is 0.339 e. The van der Waals surface area contributed by atoms with Gasteiger partial charge in [0.2, 0.25) is 5.78 Å². The SMILES string of the molecule is O=C(COC(=O)c1ccccc1C(=O)c1ccccc1)c1ccc[nH]1. The fourth-order valence-electron chi connectivity index (χ4n) is 2.39. The minimum atomic E-state index is -0.709. The lowest BCUT2D eigenvalue weighted by molar-refractivity contribution is 0.0472. The Hall–Kier alpha value is -3.47. The number of Topliss-reactive ketones (excluding diaryl/α,β-unsaturated/α-hetero) is 1. The Labute approximate surface area is 144 Å². The average molecular weight is 333 g/mol. The summed E-state index contributed by atoms with van der Waals surface area (Å²) in [6.07, 6.45) is 1.61. The Morgan fingerprint density at radius 1 is 0.800 bits per heavy atom. The summed E-state index contributed by atoms with van der Waals surface area (Å²) in [6.45, 7) is -0.396. The van der Waals surface area contributed by atoms with Gasteiger partial charge in [-0.3, -0.25) is 9.59 Å². The number of hydrogen-bond donors (Lipinski definition) is 1. The van der Waals surface area contributed by atoms with Gasteiger partial charge in [0.25, 0.3) is 0 Å². The predicted octanol–water partition coefficient (Wildman–Crippen LogP) is 3.29. The number of nitrogens with one attached hydrogen (secondary N) is 1. The van der Waals surface area contributed by atoms with Gasteiger partial charge in [0, 0.05) is 17.3 Å². The second-order valence-corrected chi connectivity index (χ2v) is 5.32. The van der Waals surface area contributed by atoms with E-state index in [0.29, 0.717) is 11.3 Å². The molecule has 124 valence electrons. The second kappa shape index (κ2) is 7.40. The lowest BCUT2D eigenvalue weighted by Crippen LogP contribution is -2.17. The molecule has 5 heteroatoms. The number of ether oxygens (including phenoxy) is 1. The number of carbonyl (C=O) groups excluding carboxylic acids is 3. The molecule has 3 aromatic rings.